The molecule has 1 aliphatic heterocycles. The second-order valence-corrected chi connectivity index (χ2v) is 10.9. The van der Waals surface area contributed by atoms with Crippen molar-refractivity contribution in [3.63, 3.8) is 0 Å². The predicted molar refractivity (Wildman–Crippen MR) is 117 cm³/mol. The van der Waals surface area contributed by atoms with Crippen molar-refractivity contribution in [3.8, 4) is 0 Å². The zero-order valence-electron chi connectivity index (χ0n) is 16.5. The zero-order chi connectivity index (χ0) is 19.8. The fourth-order valence-corrected chi connectivity index (χ4v) is 7.15. The maximum absolute atomic E-state index is 11.3. The first-order chi connectivity index (χ1) is 13.6. The van der Waals surface area contributed by atoms with Gasteiger partial charge in [0.25, 0.3) is 0 Å². The maximum Gasteiger partial charge on any atom is 0.303 e. The van der Waals surface area contributed by atoms with Gasteiger partial charge in [0.05, 0.1) is 13.2 Å². The number of unbranched alkanes of at least 4 members (excludes halogenated alkanes) is 1. The largest absolute Gasteiger partial charge is 0.449 e. The molecule has 1 heterocycles. The Balaban J connectivity index is 1.76. The number of esters is 1. The van der Waals surface area contributed by atoms with E-state index in [0.717, 1.165) is 19.3 Å². The molecular formula is C22H28O4SSi. The molecule has 150 valence electrons. The lowest BCUT2D eigenvalue weighted by Crippen LogP contribution is -2.48. The van der Waals surface area contributed by atoms with E-state index in [9.17, 15) is 4.79 Å². The summed E-state index contributed by atoms with van der Waals surface area (Å²) in [6, 6.07) is 20.9. The fourth-order valence-electron chi connectivity index (χ4n) is 3.35. The lowest BCUT2D eigenvalue weighted by Gasteiger charge is -2.29. The van der Waals surface area contributed by atoms with Gasteiger partial charge in [-0.15, -0.1) is 0 Å². The maximum atomic E-state index is 11.3. The van der Waals surface area contributed by atoms with E-state index < -0.39 is 14.0 Å². The molecule has 2 unspecified atom stereocenters. The van der Waals surface area contributed by atoms with Crippen LogP contribution in [0.2, 0.25) is 0 Å². The standard InChI is InChI=1S/C22H28O4SSi/c1-3-4-15-22(24-16-21(27-22)26-18(2)23)17-25-28(19-11-7-5-8-12-19)20-13-9-6-10-14-20/h5-14,21,28H,3-4,15-17H2,1-2H3. The highest BCUT2D eigenvalue weighted by atomic mass is 32.2. The molecule has 2 atom stereocenters. The van der Waals surface area contributed by atoms with Gasteiger partial charge in [0, 0.05) is 6.92 Å². The first-order valence-corrected chi connectivity index (χ1v) is 12.3. The summed E-state index contributed by atoms with van der Waals surface area (Å²) in [4.78, 5) is 10.9. The molecule has 2 aromatic carbocycles. The number of hydrogen-bond acceptors (Lipinski definition) is 5. The molecule has 0 radical (unpaired) electrons. The molecule has 0 aliphatic carbocycles. The summed E-state index contributed by atoms with van der Waals surface area (Å²) in [7, 11) is -1.83. The van der Waals surface area contributed by atoms with Gasteiger partial charge < -0.3 is 13.9 Å². The molecule has 0 spiro atoms. The quantitative estimate of drug-likeness (QED) is 0.464. The summed E-state index contributed by atoms with van der Waals surface area (Å²) in [5, 5.41) is 2.50. The normalized spacial score (nSPS) is 21.8. The number of ether oxygens (including phenoxy) is 2. The molecular weight excluding hydrogens is 388 g/mol. The van der Waals surface area contributed by atoms with Gasteiger partial charge in [0.1, 0.15) is 4.93 Å². The van der Waals surface area contributed by atoms with E-state index in [1.54, 1.807) is 11.8 Å². The van der Waals surface area contributed by atoms with E-state index in [1.165, 1.54) is 17.3 Å². The number of carbonyl (C=O) groups excluding carboxylic acids is 1. The minimum Gasteiger partial charge on any atom is -0.449 e. The third kappa shape index (κ3) is 5.70. The van der Waals surface area contributed by atoms with Gasteiger partial charge in [-0.2, -0.15) is 0 Å². The Morgan fingerprint density at radius 1 is 1.14 bits per heavy atom. The van der Waals surface area contributed by atoms with Gasteiger partial charge in [-0.1, -0.05) is 85.8 Å². The fraction of sp³-hybridized carbons (Fsp3) is 0.409. The Morgan fingerprint density at radius 3 is 2.29 bits per heavy atom. The number of rotatable bonds is 9. The summed E-state index contributed by atoms with van der Waals surface area (Å²) < 4.78 is 18.1. The van der Waals surface area contributed by atoms with Crippen molar-refractivity contribution in [1.29, 1.82) is 0 Å². The van der Waals surface area contributed by atoms with Crippen LogP contribution in [-0.4, -0.2) is 38.6 Å². The summed E-state index contributed by atoms with van der Waals surface area (Å²) in [6.45, 7) is 4.52. The molecule has 0 amide bonds. The minimum atomic E-state index is -1.83. The first-order valence-electron chi connectivity index (χ1n) is 9.82. The Morgan fingerprint density at radius 2 is 1.75 bits per heavy atom. The Bertz CT molecular complexity index is 703. The number of hydrogen-bond donors (Lipinski definition) is 0. The second kappa shape index (κ2) is 10.3. The van der Waals surface area contributed by atoms with Crippen LogP contribution in [0.5, 0.6) is 0 Å². The molecule has 0 saturated carbocycles. The SMILES string of the molecule is CCCCC1(CO[SiH](c2ccccc2)c2ccccc2)OCC(OC(C)=O)S1. The smallest absolute Gasteiger partial charge is 0.303 e. The lowest BCUT2D eigenvalue weighted by molar-refractivity contribution is -0.144. The molecule has 0 N–H and O–H groups in total. The molecule has 1 saturated heterocycles. The average Bonchev–Trinajstić information content (AvgIpc) is 3.10. The average molecular weight is 417 g/mol. The van der Waals surface area contributed by atoms with Crippen molar-refractivity contribution < 1.29 is 18.7 Å². The minimum absolute atomic E-state index is 0.258. The Kier molecular flexibility index (Phi) is 7.73. The third-order valence-electron chi connectivity index (χ3n) is 4.71. The van der Waals surface area contributed by atoms with Crippen LogP contribution < -0.4 is 10.4 Å². The van der Waals surface area contributed by atoms with Gasteiger partial charge in [-0.3, -0.25) is 4.79 Å². The van der Waals surface area contributed by atoms with Crippen LogP contribution in [0.15, 0.2) is 60.7 Å². The Labute approximate surface area is 173 Å². The zero-order valence-corrected chi connectivity index (χ0v) is 18.5. The Hall–Kier alpha value is -1.60. The molecule has 1 fully saturated rings. The van der Waals surface area contributed by atoms with E-state index in [0.29, 0.717) is 13.2 Å². The highest BCUT2D eigenvalue weighted by Gasteiger charge is 2.43. The van der Waals surface area contributed by atoms with Gasteiger partial charge in [-0.25, -0.2) is 0 Å². The van der Waals surface area contributed by atoms with Crippen LogP contribution >= 0.6 is 11.8 Å². The second-order valence-electron chi connectivity index (χ2n) is 6.99. The topological polar surface area (TPSA) is 44.8 Å². The highest BCUT2D eigenvalue weighted by Crippen LogP contribution is 2.42. The van der Waals surface area contributed by atoms with Crippen molar-refractivity contribution in [2.75, 3.05) is 13.2 Å². The predicted octanol–water partition coefficient (Wildman–Crippen LogP) is 3.08. The van der Waals surface area contributed by atoms with E-state index in [2.05, 4.69) is 55.5 Å². The van der Waals surface area contributed by atoms with Crippen molar-refractivity contribution in [2.45, 2.75) is 43.5 Å². The highest BCUT2D eigenvalue weighted by molar-refractivity contribution is 8.01. The molecule has 6 heteroatoms. The van der Waals surface area contributed by atoms with Crippen LogP contribution in [0, 0.1) is 0 Å². The van der Waals surface area contributed by atoms with Crippen LogP contribution in [0.4, 0.5) is 0 Å². The van der Waals surface area contributed by atoms with Crippen molar-refractivity contribution in [3.05, 3.63) is 60.7 Å². The molecule has 0 bridgehead atoms. The van der Waals surface area contributed by atoms with E-state index >= 15 is 0 Å². The lowest BCUT2D eigenvalue weighted by atomic mass is 10.1. The molecule has 2 aromatic rings. The number of thioether (sulfide) groups is 1. The van der Waals surface area contributed by atoms with Gasteiger partial charge in [0.15, 0.2) is 5.44 Å². The summed E-state index contributed by atoms with van der Waals surface area (Å²) in [5.41, 5.74) is -0.258. The molecule has 4 nitrogen and oxygen atoms in total. The van der Waals surface area contributed by atoms with E-state index in [4.69, 9.17) is 13.9 Å². The van der Waals surface area contributed by atoms with E-state index in [1.807, 2.05) is 12.1 Å². The van der Waals surface area contributed by atoms with Crippen molar-refractivity contribution in [2.24, 2.45) is 0 Å². The van der Waals surface area contributed by atoms with Crippen molar-refractivity contribution in [1.82, 2.24) is 0 Å². The van der Waals surface area contributed by atoms with Crippen molar-refractivity contribution >= 4 is 37.1 Å². The summed E-state index contributed by atoms with van der Waals surface area (Å²) >= 11 is 1.59. The van der Waals surface area contributed by atoms with Crippen LogP contribution in [0.1, 0.15) is 33.1 Å². The summed E-state index contributed by atoms with van der Waals surface area (Å²) in [6.07, 6.45) is 3.02. The number of carbonyl (C=O) groups is 1. The van der Waals surface area contributed by atoms with Crippen LogP contribution in [0.25, 0.3) is 0 Å². The first kappa shape index (κ1) is 21.1. The molecule has 3 rings (SSSR count). The number of benzene rings is 2. The third-order valence-corrected chi connectivity index (χ3v) is 8.56. The summed E-state index contributed by atoms with van der Waals surface area (Å²) in [5.74, 6) is -0.269. The molecule has 1 aliphatic rings. The van der Waals surface area contributed by atoms with Gasteiger partial charge in [0.2, 0.25) is 9.04 Å². The van der Waals surface area contributed by atoms with Gasteiger partial charge in [-0.05, 0) is 23.2 Å². The molecule has 28 heavy (non-hydrogen) atoms. The molecule has 0 aromatic heterocycles. The monoisotopic (exact) mass is 416 g/mol. The van der Waals surface area contributed by atoms with E-state index in [-0.39, 0.29) is 11.4 Å². The van der Waals surface area contributed by atoms with Gasteiger partial charge >= 0.3 is 5.97 Å². The van der Waals surface area contributed by atoms with Crippen LogP contribution in [0.3, 0.4) is 0 Å². The van der Waals surface area contributed by atoms with Crippen LogP contribution in [-0.2, 0) is 18.7 Å².